The molecule has 6 nitrogen and oxygen atoms in total. The van der Waals surface area contributed by atoms with Crippen LogP contribution < -0.4 is 11.1 Å². The second-order valence-electron chi connectivity index (χ2n) is 5.29. The fraction of sp³-hybridized carbons (Fsp3) is 0.267. The number of halogens is 2. The highest BCUT2D eigenvalue weighted by atomic mass is 35.5. The maximum atomic E-state index is 9.28. The Morgan fingerprint density at radius 3 is 2.88 bits per heavy atom. The number of benzene rings is 1. The predicted octanol–water partition coefficient (Wildman–Crippen LogP) is 4.06. The monoisotopic (exact) mass is 415 g/mol. The summed E-state index contributed by atoms with van der Waals surface area (Å²) in [5.74, 6) is 1.18. The normalized spacial score (nSPS) is 12.5. The number of hydrogen-bond donors (Lipinski definition) is 3. The van der Waals surface area contributed by atoms with Crippen LogP contribution in [0, 0.1) is 0 Å². The molecule has 0 amide bonds. The molecule has 1 aromatic carbocycles. The molecule has 25 heavy (non-hydrogen) atoms. The Labute approximate surface area is 162 Å². The molecule has 0 spiro atoms. The molecule has 0 saturated heterocycles. The summed E-state index contributed by atoms with van der Waals surface area (Å²) in [6.45, 7) is 1.84. The molecule has 3 aromatic rings. The SMILES string of the molecule is C[C@H](CO)Nc1nc(SCc2cccc(Cl)c2Cl)nc2nc(N)sc12. The van der Waals surface area contributed by atoms with Crippen molar-refractivity contribution in [3.63, 3.8) is 0 Å². The van der Waals surface area contributed by atoms with Crippen LogP contribution in [0.25, 0.3) is 10.3 Å². The highest BCUT2D eigenvalue weighted by molar-refractivity contribution is 7.98. The first-order valence-corrected chi connectivity index (χ1v) is 9.91. The van der Waals surface area contributed by atoms with Crippen LogP contribution in [0.4, 0.5) is 10.9 Å². The van der Waals surface area contributed by atoms with Crippen molar-refractivity contribution in [2.45, 2.75) is 23.9 Å². The van der Waals surface area contributed by atoms with Gasteiger partial charge in [0.1, 0.15) is 4.70 Å². The molecule has 0 saturated carbocycles. The van der Waals surface area contributed by atoms with Crippen LogP contribution in [0.1, 0.15) is 12.5 Å². The summed E-state index contributed by atoms with van der Waals surface area (Å²) in [6, 6.07) is 5.36. The van der Waals surface area contributed by atoms with Gasteiger partial charge in [-0.15, -0.1) is 0 Å². The van der Waals surface area contributed by atoms with E-state index in [0.717, 1.165) is 10.3 Å². The van der Waals surface area contributed by atoms with Gasteiger partial charge in [0.15, 0.2) is 21.8 Å². The van der Waals surface area contributed by atoms with Gasteiger partial charge in [-0.1, -0.05) is 58.4 Å². The maximum Gasteiger partial charge on any atom is 0.191 e. The molecule has 0 unspecified atom stereocenters. The Hall–Kier alpha value is -1.32. The zero-order chi connectivity index (χ0) is 18.0. The molecule has 1 atom stereocenters. The Balaban J connectivity index is 1.89. The first-order valence-electron chi connectivity index (χ1n) is 7.35. The van der Waals surface area contributed by atoms with Crippen LogP contribution in [0.3, 0.4) is 0 Å². The van der Waals surface area contributed by atoms with Crippen molar-refractivity contribution in [1.29, 1.82) is 0 Å². The van der Waals surface area contributed by atoms with Crippen molar-refractivity contribution < 1.29 is 5.11 Å². The molecule has 0 aliphatic rings. The lowest BCUT2D eigenvalue weighted by molar-refractivity contribution is 0.281. The van der Waals surface area contributed by atoms with E-state index in [1.165, 1.54) is 23.1 Å². The van der Waals surface area contributed by atoms with E-state index in [2.05, 4.69) is 20.3 Å². The molecule has 0 aliphatic carbocycles. The third kappa shape index (κ3) is 4.27. The van der Waals surface area contributed by atoms with Gasteiger partial charge < -0.3 is 16.2 Å². The van der Waals surface area contributed by atoms with Crippen LogP contribution in [0.5, 0.6) is 0 Å². The van der Waals surface area contributed by atoms with E-state index in [1.54, 1.807) is 6.07 Å². The summed E-state index contributed by atoms with van der Waals surface area (Å²) < 4.78 is 0.767. The lowest BCUT2D eigenvalue weighted by Crippen LogP contribution is -2.20. The summed E-state index contributed by atoms with van der Waals surface area (Å²) in [5.41, 5.74) is 7.23. The van der Waals surface area contributed by atoms with Crippen LogP contribution in [0.2, 0.25) is 10.0 Å². The molecule has 0 radical (unpaired) electrons. The highest BCUT2D eigenvalue weighted by Gasteiger charge is 2.15. The van der Waals surface area contributed by atoms with Gasteiger partial charge in [0.05, 0.1) is 16.7 Å². The summed E-state index contributed by atoms with van der Waals surface area (Å²) in [6.07, 6.45) is 0. The number of nitrogens with zero attached hydrogens (tertiary/aromatic N) is 3. The van der Waals surface area contributed by atoms with E-state index < -0.39 is 0 Å². The minimum absolute atomic E-state index is 0.0135. The van der Waals surface area contributed by atoms with Gasteiger partial charge in [0, 0.05) is 11.8 Å². The number of nitrogens with two attached hydrogens (primary N) is 1. The number of nitrogen functional groups attached to an aromatic ring is 1. The van der Waals surface area contributed by atoms with E-state index in [0.29, 0.717) is 37.6 Å². The smallest absolute Gasteiger partial charge is 0.191 e. The van der Waals surface area contributed by atoms with E-state index >= 15 is 0 Å². The second-order valence-corrected chi connectivity index (χ2v) is 8.05. The van der Waals surface area contributed by atoms with Gasteiger partial charge in [0.2, 0.25) is 0 Å². The molecule has 0 aliphatic heterocycles. The molecular weight excluding hydrogens is 401 g/mol. The third-order valence-corrected chi connectivity index (χ3v) is 5.93. The average molecular weight is 416 g/mol. The average Bonchev–Trinajstić information content (AvgIpc) is 2.96. The van der Waals surface area contributed by atoms with Crippen LogP contribution in [-0.2, 0) is 5.75 Å². The number of nitrogens with one attached hydrogen (secondary N) is 1. The number of thioether (sulfide) groups is 1. The molecule has 10 heteroatoms. The Kier molecular flexibility index (Phi) is 5.85. The summed E-state index contributed by atoms with van der Waals surface area (Å²) >= 11 is 15.0. The van der Waals surface area contributed by atoms with Gasteiger partial charge in [-0.05, 0) is 18.6 Å². The molecule has 0 bridgehead atoms. The highest BCUT2D eigenvalue weighted by Crippen LogP contribution is 2.33. The molecule has 0 fully saturated rings. The molecule has 3 rings (SSSR count). The van der Waals surface area contributed by atoms with Crippen molar-refractivity contribution in [2.75, 3.05) is 17.7 Å². The molecule has 2 heterocycles. The number of thiazole rings is 1. The number of aliphatic hydroxyl groups excluding tert-OH is 1. The number of aromatic nitrogens is 3. The van der Waals surface area contributed by atoms with Crippen molar-refractivity contribution in [1.82, 2.24) is 15.0 Å². The lowest BCUT2D eigenvalue weighted by atomic mass is 10.2. The second kappa shape index (κ2) is 7.92. The van der Waals surface area contributed by atoms with Crippen molar-refractivity contribution in [2.24, 2.45) is 0 Å². The quantitative estimate of drug-likeness (QED) is 0.412. The molecule has 132 valence electrons. The van der Waals surface area contributed by atoms with Gasteiger partial charge in [-0.2, -0.15) is 0 Å². The summed E-state index contributed by atoms with van der Waals surface area (Å²) in [7, 11) is 0. The Morgan fingerprint density at radius 2 is 2.12 bits per heavy atom. The zero-order valence-electron chi connectivity index (χ0n) is 13.2. The van der Waals surface area contributed by atoms with E-state index in [1.807, 2.05) is 19.1 Å². The van der Waals surface area contributed by atoms with Gasteiger partial charge in [-0.3, -0.25) is 0 Å². The zero-order valence-corrected chi connectivity index (χ0v) is 16.3. The number of hydrogen-bond acceptors (Lipinski definition) is 8. The molecular formula is C15H15Cl2N5OS2. The topological polar surface area (TPSA) is 97.0 Å². The molecule has 4 N–H and O–H groups in total. The third-order valence-electron chi connectivity index (χ3n) is 3.30. The Bertz CT molecular complexity index is 905. The first-order chi connectivity index (χ1) is 12.0. The minimum atomic E-state index is -0.151. The summed E-state index contributed by atoms with van der Waals surface area (Å²) in [4.78, 5) is 13.2. The van der Waals surface area contributed by atoms with Crippen molar-refractivity contribution >= 4 is 67.6 Å². The number of aliphatic hydroxyl groups is 1. The number of anilines is 2. The predicted molar refractivity (Wildman–Crippen MR) is 106 cm³/mol. The van der Waals surface area contributed by atoms with Crippen LogP contribution >= 0.6 is 46.3 Å². The van der Waals surface area contributed by atoms with Gasteiger partial charge in [0.25, 0.3) is 0 Å². The largest absolute Gasteiger partial charge is 0.394 e. The minimum Gasteiger partial charge on any atom is -0.394 e. The Morgan fingerprint density at radius 1 is 1.32 bits per heavy atom. The number of rotatable bonds is 6. The van der Waals surface area contributed by atoms with E-state index in [9.17, 15) is 5.11 Å². The molecule has 2 aromatic heterocycles. The van der Waals surface area contributed by atoms with Gasteiger partial charge in [-0.25, -0.2) is 15.0 Å². The lowest BCUT2D eigenvalue weighted by Gasteiger charge is -2.12. The standard InChI is InChI=1S/C15H15Cl2N5OS2/c1-7(5-23)19-12-11-13(20-14(18)25-11)22-15(21-12)24-6-8-3-2-4-9(16)10(8)17/h2-4,7,23H,5-6H2,1H3,(H3,18,19,20,21,22)/t7-/m1/s1. The fourth-order valence-electron chi connectivity index (χ4n) is 2.06. The summed E-state index contributed by atoms with van der Waals surface area (Å²) in [5, 5.41) is 14.4. The van der Waals surface area contributed by atoms with E-state index in [4.69, 9.17) is 28.9 Å². The van der Waals surface area contributed by atoms with E-state index in [-0.39, 0.29) is 12.6 Å². The van der Waals surface area contributed by atoms with Crippen LogP contribution in [-0.4, -0.2) is 32.7 Å². The number of fused-ring (bicyclic) bond motifs is 1. The van der Waals surface area contributed by atoms with Crippen molar-refractivity contribution in [3.8, 4) is 0 Å². The maximum absolute atomic E-state index is 9.28. The van der Waals surface area contributed by atoms with Crippen molar-refractivity contribution in [3.05, 3.63) is 33.8 Å². The van der Waals surface area contributed by atoms with Crippen LogP contribution in [0.15, 0.2) is 23.4 Å². The first kappa shape index (κ1) is 18.5. The fourth-order valence-corrected chi connectivity index (χ4v) is 4.09. The van der Waals surface area contributed by atoms with Gasteiger partial charge >= 0.3 is 0 Å².